The fourth-order valence-electron chi connectivity index (χ4n) is 2.96. The zero-order valence-electron chi connectivity index (χ0n) is 15.4. The van der Waals surface area contributed by atoms with Gasteiger partial charge in [-0.25, -0.2) is 9.69 Å². The van der Waals surface area contributed by atoms with Crippen LogP contribution in [0.25, 0.3) is 17.4 Å². The Kier molecular flexibility index (Phi) is 5.05. The molecule has 3 heterocycles. The highest BCUT2D eigenvalue weighted by Crippen LogP contribution is 2.34. The van der Waals surface area contributed by atoms with E-state index >= 15 is 0 Å². The number of carbonyl (C=O) groups is 3. The van der Waals surface area contributed by atoms with Gasteiger partial charge in [0.15, 0.2) is 0 Å². The van der Waals surface area contributed by atoms with E-state index in [4.69, 9.17) is 16.0 Å². The van der Waals surface area contributed by atoms with Crippen molar-refractivity contribution in [3.63, 3.8) is 0 Å². The molecule has 154 valence electrons. The molecule has 0 aliphatic carbocycles. The fraction of sp³-hybridized carbons (Fsp3) is 0. The average molecular weight is 439 g/mol. The first-order valence-corrected chi connectivity index (χ1v) is 9.08. The molecule has 4 rings (SSSR count). The number of nitrogens with one attached hydrogen (secondary N) is 1. The molecule has 0 bridgehead atoms. The van der Waals surface area contributed by atoms with Crippen LogP contribution in [-0.2, 0) is 9.59 Å². The highest BCUT2D eigenvalue weighted by molar-refractivity contribution is 6.39. The molecule has 10 nitrogen and oxygen atoms in total. The van der Waals surface area contributed by atoms with Crippen LogP contribution in [0.2, 0.25) is 5.02 Å². The van der Waals surface area contributed by atoms with Crippen LogP contribution in [0.3, 0.4) is 0 Å². The molecule has 1 fully saturated rings. The number of carbonyl (C=O) groups excluding carboxylic acids is 3. The summed E-state index contributed by atoms with van der Waals surface area (Å²) < 4.78 is 5.60. The zero-order valence-corrected chi connectivity index (χ0v) is 16.2. The number of furan rings is 1. The van der Waals surface area contributed by atoms with Gasteiger partial charge in [-0.2, -0.15) is 0 Å². The van der Waals surface area contributed by atoms with Crippen molar-refractivity contribution in [2.75, 3.05) is 4.90 Å². The van der Waals surface area contributed by atoms with Crippen molar-refractivity contribution < 1.29 is 23.7 Å². The molecular formula is C20H11ClN4O6. The topological polar surface area (TPSA) is 136 Å². The zero-order chi connectivity index (χ0) is 22.1. The molecule has 0 saturated carbocycles. The van der Waals surface area contributed by atoms with Crippen LogP contribution in [0.1, 0.15) is 5.76 Å². The number of halogens is 1. The summed E-state index contributed by atoms with van der Waals surface area (Å²) in [5, 5.41) is 13.6. The van der Waals surface area contributed by atoms with Crippen molar-refractivity contribution in [2.24, 2.45) is 0 Å². The number of hydrogen-bond donors (Lipinski definition) is 1. The van der Waals surface area contributed by atoms with Gasteiger partial charge in [0, 0.05) is 17.3 Å². The summed E-state index contributed by atoms with van der Waals surface area (Å²) in [7, 11) is 0. The minimum Gasteiger partial charge on any atom is -0.456 e. The summed E-state index contributed by atoms with van der Waals surface area (Å²) in [6.07, 6.45) is 3.92. The van der Waals surface area contributed by atoms with Gasteiger partial charge in [-0.1, -0.05) is 11.6 Å². The second-order valence-corrected chi connectivity index (χ2v) is 6.73. The lowest BCUT2D eigenvalue weighted by Crippen LogP contribution is -2.54. The fourth-order valence-corrected chi connectivity index (χ4v) is 3.13. The normalized spacial score (nSPS) is 15.3. The van der Waals surface area contributed by atoms with E-state index in [2.05, 4.69) is 10.3 Å². The van der Waals surface area contributed by atoms with E-state index in [0.717, 1.165) is 11.0 Å². The van der Waals surface area contributed by atoms with Crippen LogP contribution in [0.15, 0.2) is 64.8 Å². The van der Waals surface area contributed by atoms with Crippen molar-refractivity contribution in [3.8, 4) is 11.3 Å². The molecule has 1 aromatic carbocycles. The molecule has 0 radical (unpaired) electrons. The first-order valence-electron chi connectivity index (χ1n) is 8.71. The van der Waals surface area contributed by atoms with Gasteiger partial charge in [0.25, 0.3) is 17.5 Å². The van der Waals surface area contributed by atoms with E-state index in [1.165, 1.54) is 54.9 Å². The van der Waals surface area contributed by atoms with Gasteiger partial charge in [0.2, 0.25) is 0 Å². The lowest BCUT2D eigenvalue weighted by atomic mass is 10.1. The van der Waals surface area contributed by atoms with E-state index in [9.17, 15) is 24.5 Å². The molecule has 0 unspecified atom stereocenters. The van der Waals surface area contributed by atoms with Gasteiger partial charge in [-0.05, 0) is 42.5 Å². The third kappa shape index (κ3) is 3.79. The second kappa shape index (κ2) is 7.84. The Morgan fingerprint density at radius 2 is 1.97 bits per heavy atom. The lowest BCUT2D eigenvalue weighted by molar-refractivity contribution is -0.384. The number of rotatable bonds is 4. The Hall–Kier alpha value is -4.31. The van der Waals surface area contributed by atoms with E-state index in [-0.39, 0.29) is 39.1 Å². The van der Waals surface area contributed by atoms with Crippen LogP contribution in [0.5, 0.6) is 0 Å². The predicted octanol–water partition coefficient (Wildman–Crippen LogP) is 3.57. The highest BCUT2D eigenvalue weighted by atomic mass is 35.5. The number of nitro benzene ring substituents is 1. The summed E-state index contributed by atoms with van der Waals surface area (Å²) in [6, 6.07) is 9.10. The second-order valence-electron chi connectivity index (χ2n) is 6.29. The number of barbiturate groups is 1. The molecule has 31 heavy (non-hydrogen) atoms. The molecule has 4 amide bonds. The number of pyridine rings is 1. The summed E-state index contributed by atoms with van der Waals surface area (Å²) in [5.41, 5.74) is -0.262. The molecule has 2 aromatic heterocycles. The van der Waals surface area contributed by atoms with Crippen molar-refractivity contribution in [3.05, 3.63) is 81.3 Å². The van der Waals surface area contributed by atoms with Gasteiger partial charge in [0.05, 0.1) is 22.4 Å². The van der Waals surface area contributed by atoms with Crippen molar-refractivity contribution in [1.82, 2.24) is 10.3 Å². The van der Waals surface area contributed by atoms with Crippen LogP contribution < -0.4 is 10.2 Å². The smallest absolute Gasteiger partial charge is 0.336 e. The number of urea groups is 1. The predicted molar refractivity (Wildman–Crippen MR) is 109 cm³/mol. The number of benzene rings is 1. The number of nitro groups is 1. The maximum atomic E-state index is 12.8. The van der Waals surface area contributed by atoms with Crippen molar-refractivity contribution in [2.45, 2.75) is 0 Å². The highest BCUT2D eigenvalue weighted by Gasteiger charge is 2.37. The first-order chi connectivity index (χ1) is 14.8. The van der Waals surface area contributed by atoms with Crippen LogP contribution in [0, 0.1) is 10.1 Å². The minimum absolute atomic E-state index is 0.0817. The number of hydrogen-bond acceptors (Lipinski definition) is 7. The molecule has 3 aromatic rings. The molecule has 1 saturated heterocycles. The quantitative estimate of drug-likeness (QED) is 0.284. The Morgan fingerprint density at radius 1 is 1.16 bits per heavy atom. The van der Waals surface area contributed by atoms with Crippen molar-refractivity contribution in [1.29, 1.82) is 0 Å². The first kappa shape index (κ1) is 20.0. The number of anilines is 1. The third-order valence-electron chi connectivity index (χ3n) is 4.34. The molecule has 0 atom stereocenters. The standard InChI is InChI=1S/C20H11ClN4O6/c21-11-3-5-14(16(8-11)25(29)30)17-6-4-13(31-17)9-15-18(26)23-20(28)24(19(15)27)12-2-1-7-22-10-12/h1-10H,(H,23,26,28)/b15-9+. The number of amides is 4. The maximum Gasteiger partial charge on any atom is 0.336 e. The molecule has 0 spiro atoms. The summed E-state index contributed by atoms with van der Waals surface area (Å²) in [5.74, 6) is -1.54. The lowest BCUT2D eigenvalue weighted by Gasteiger charge is -2.25. The molecular weight excluding hydrogens is 428 g/mol. The largest absolute Gasteiger partial charge is 0.456 e. The summed E-state index contributed by atoms with van der Waals surface area (Å²) in [4.78, 5) is 52.6. The van der Waals surface area contributed by atoms with Crippen molar-refractivity contribution >= 4 is 46.9 Å². The third-order valence-corrected chi connectivity index (χ3v) is 4.58. The number of aromatic nitrogens is 1. The monoisotopic (exact) mass is 438 g/mol. The Bertz CT molecular complexity index is 1270. The molecule has 1 aliphatic rings. The molecule has 1 aliphatic heterocycles. The minimum atomic E-state index is -0.905. The molecule has 11 heteroatoms. The number of imide groups is 2. The van der Waals surface area contributed by atoms with Gasteiger partial charge in [0.1, 0.15) is 17.1 Å². The van der Waals surface area contributed by atoms with Crippen LogP contribution in [0.4, 0.5) is 16.2 Å². The van der Waals surface area contributed by atoms with Gasteiger partial charge in [-0.3, -0.25) is 30.0 Å². The summed E-state index contributed by atoms with van der Waals surface area (Å²) in [6.45, 7) is 0. The van der Waals surface area contributed by atoms with E-state index in [0.29, 0.717) is 0 Å². The average Bonchev–Trinajstić information content (AvgIpc) is 3.20. The van der Waals surface area contributed by atoms with Gasteiger partial charge >= 0.3 is 6.03 Å². The summed E-state index contributed by atoms with van der Waals surface area (Å²) >= 11 is 5.83. The SMILES string of the molecule is O=C1NC(=O)N(c2cccnc2)C(=O)/C1=C/c1ccc(-c2ccc(Cl)cc2[N+](=O)[O-])o1. The van der Waals surface area contributed by atoms with Crippen LogP contribution >= 0.6 is 11.6 Å². The van der Waals surface area contributed by atoms with E-state index in [1.54, 1.807) is 0 Å². The number of nitrogens with zero attached hydrogens (tertiary/aromatic N) is 3. The molecule has 1 N–H and O–H groups in total. The van der Waals surface area contributed by atoms with E-state index < -0.39 is 22.8 Å². The Balaban J connectivity index is 1.70. The Labute approximate surface area is 178 Å². The Morgan fingerprint density at radius 3 is 2.68 bits per heavy atom. The van der Waals surface area contributed by atoms with Crippen LogP contribution in [-0.4, -0.2) is 27.8 Å². The van der Waals surface area contributed by atoms with Gasteiger partial charge < -0.3 is 4.42 Å². The maximum absolute atomic E-state index is 12.8. The van der Waals surface area contributed by atoms with Gasteiger partial charge in [-0.15, -0.1) is 0 Å². The van der Waals surface area contributed by atoms with E-state index in [1.807, 2.05) is 0 Å².